The van der Waals surface area contributed by atoms with Gasteiger partial charge in [0.05, 0.1) is 17.3 Å². The van der Waals surface area contributed by atoms with E-state index in [0.29, 0.717) is 0 Å². The Morgan fingerprint density at radius 2 is 1.95 bits per heavy atom. The average molecular weight is 304 g/mol. The van der Waals surface area contributed by atoms with Crippen molar-refractivity contribution >= 4 is 11.3 Å². The van der Waals surface area contributed by atoms with Crippen LogP contribution in [0.15, 0.2) is 24.3 Å². The minimum Gasteiger partial charge on any atom is -0.494 e. The first-order valence-electron chi connectivity index (χ1n) is 7.64. The second kappa shape index (κ2) is 8.15. The Labute approximate surface area is 131 Å². The molecule has 2 rings (SSSR count). The molecule has 0 saturated heterocycles. The molecule has 1 N–H and O–H groups in total. The highest BCUT2D eigenvalue weighted by Gasteiger charge is 2.09. The molecule has 0 spiro atoms. The van der Waals surface area contributed by atoms with Crippen molar-refractivity contribution in [3.05, 3.63) is 34.2 Å². The van der Waals surface area contributed by atoms with Crippen LogP contribution in [0, 0.1) is 6.92 Å². The predicted molar refractivity (Wildman–Crippen MR) is 90.3 cm³/mol. The molecule has 0 aliphatic heterocycles. The van der Waals surface area contributed by atoms with Gasteiger partial charge >= 0.3 is 0 Å². The van der Waals surface area contributed by atoms with E-state index in [1.807, 2.05) is 12.1 Å². The zero-order valence-corrected chi connectivity index (χ0v) is 13.9. The molecule has 1 heterocycles. The third-order valence-electron chi connectivity index (χ3n) is 3.21. The number of aryl methyl sites for hydroxylation is 1. The standard InChI is InChI=1S/C17H24N2OS/c1-4-12-20-15-8-6-14(7-9-15)17-13(3)21-16(19-17)10-11-18-5-2/h6-9,18H,4-5,10-12H2,1-3H3. The van der Waals surface area contributed by atoms with Crippen LogP contribution in [0.5, 0.6) is 5.75 Å². The number of nitrogens with zero attached hydrogens (tertiary/aromatic N) is 1. The van der Waals surface area contributed by atoms with Gasteiger partial charge in [-0.1, -0.05) is 13.8 Å². The van der Waals surface area contributed by atoms with Crippen molar-refractivity contribution in [2.75, 3.05) is 19.7 Å². The lowest BCUT2D eigenvalue weighted by Crippen LogP contribution is -2.15. The van der Waals surface area contributed by atoms with Crippen molar-refractivity contribution in [2.45, 2.75) is 33.6 Å². The number of benzene rings is 1. The van der Waals surface area contributed by atoms with Gasteiger partial charge in [-0.25, -0.2) is 4.98 Å². The quantitative estimate of drug-likeness (QED) is 0.747. The van der Waals surface area contributed by atoms with E-state index in [-0.39, 0.29) is 0 Å². The van der Waals surface area contributed by atoms with Gasteiger partial charge in [0.2, 0.25) is 0 Å². The van der Waals surface area contributed by atoms with Gasteiger partial charge < -0.3 is 10.1 Å². The molecule has 0 unspecified atom stereocenters. The number of hydrogen-bond acceptors (Lipinski definition) is 4. The molecule has 21 heavy (non-hydrogen) atoms. The van der Waals surface area contributed by atoms with E-state index < -0.39 is 0 Å². The van der Waals surface area contributed by atoms with E-state index in [0.717, 1.165) is 44.0 Å². The summed E-state index contributed by atoms with van der Waals surface area (Å²) in [5.41, 5.74) is 2.27. The molecule has 0 aliphatic carbocycles. The van der Waals surface area contributed by atoms with Crippen LogP contribution in [0.4, 0.5) is 0 Å². The van der Waals surface area contributed by atoms with Gasteiger partial charge in [-0.3, -0.25) is 0 Å². The van der Waals surface area contributed by atoms with Crippen molar-refractivity contribution in [1.82, 2.24) is 10.3 Å². The Hall–Kier alpha value is -1.39. The molecular formula is C17H24N2OS. The van der Waals surface area contributed by atoms with Gasteiger partial charge in [-0.05, 0) is 44.2 Å². The summed E-state index contributed by atoms with van der Waals surface area (Å²) >= 11 is 1.80. The maximum absolute atomic E-state index is 5.62. The van der Waals surface area contributed by atoms with Gasteiger partial charge in [-0.15, -0.1) is 11.3 Å². The molecule has 3 nitrogen and oxygen atoms in total. The van der Waals surface area contributed by atoms with Gasteiger partial charge in [0.15, 0.2) is 0 Å². The van der Waals surface area contributed by atoms with E-state index in [9.17, 15) is 0 Å². The Kier molecular flexibility index (Phi) is 6.21. The van der Waals surface area contributed by atoms with Crippen LogP contribution in [0.2, 0.25) is 0 Å². The van der Waals surface area contributed by atoms with E-state index in [4.69, 9.17) is 9.72 Å². The third kappa shape index (κ3) is 4.55. The number of nitrogens with one attached hydrogen (secondary N) is 1. The second-order valence-electron chi connectivity index (χ2n) is 4.99. The van der Waals surface area contributed by atoms with Crippen molar-refractivity contribution in [3.63, 3.8) is 0 Å². The lowest BCUT2D eigenvalue weighted by atomic mass is 10.1. The van der Waals surface area contributed by atoms with Gasteiger partial charge in [-0.2, -0.15) is 0 Å². The summed E-state index contributed by atoms with van der Waals surface area (Å²) in [6, 6.07) is 8.26. The maximum atomic E-state index is 5.62. The Morgan fingerprint density at radius 3 is 2.62 bits per heavy atom. The Bertz CT molecular complexity index is 548. The van der Waals surface area contributed by atoms with Gasteiger partial charge in [0, 0.05) is 23.4 Å². The number of rotatable bonds is 8. The topological polar surface area (TPSA) is 34.1 Å². The summed E-state index contributed by atoms with van der Waals surface area (Å²) in [6.07, 6.45) is 2.03. The molecule has 0 fully saturated rings. The van der Waals surface area contributed by atoms with Crippen molar-refractivity contribution in [3.8, 4) is 17.0 Å². The lowest BCUT2D eigenvalue weighted by Gasteiger charge is -2.05. The molecule has 1 aromatic carbocycles. The summed E-state index contributed by atoms with van der Waals surface area (Å²) in [7, 11) is 0. The summed E-state index contributed by atoms with van der Waals surface area (Å²) < 4.78 is 5.62. The van der Waals surface area contributed by atoms with Crippen LogP contribution >= 0.6 is 11.3 Å². The lowest BCUT2D eigenvalue weighted by molar-refractivity contribution is 0.317. The average Bonchev–Trinajstić information content (AvgIpc) is 2.87. The van der Waals surface area contributed by atoms with Crippen molar-refractivity contribution in [2.24, 2.45) is 0 Å². The zero-order chi connectivity index (χ0) is 15.1. The molecule has 0 amide bonds. The molecule has 2 aromatic rings. The third-order valence-corrected chi connectivity index (χ3v) is 4.24. The van der Waals surface area contributed by atoms with Gasteiger partial charge in [0.25, 0.3) is 0 Å². The monoisotopic (exact) mass is 304 g/mol. The highest BCUT2D eigenvalue weighted by atomic mass is 32.1. The first-order chi connectivity index (χ1) is 10.2. The molecule has 4 heteroatoms. The number of aromatic nitrogens is 1. The minimum absolute atomic E-state index is 0.768. The number of likely N-dealkylation sites (N-methyl/N-ethyl adjacent to an activating group) is 1. The summed E-state index contributed by atoms with van der Waals surface area (Å²) in [5.74, 6) is 0.931. The van der Waals surface area contributed by atoms with Crippen LogP contribution in [0.25, 0.3) is 11.3 Å². The summed E-state index contributed by atoms with van der Waals surface area (Å²) in [4.78, 5) is 6.06. The van der Waals surface area contributed by atoms with Crippen LogP contribution in [0.3, 0.4) is 0 Å². The first kappa shape index (κ1) is 16.0. The van der Waals surface area contributed by atoms with Gasteiger partial charge in [0.1, 0.15) is 5.75 Å². The van der Waals surface area contributed by atoms with E-state index in [1.54, 1.807) is 11.3 Å². The second-order valence-corrected chi connectivity index (χ2v) is 6.28. The molecule has 0 saturated carbocycles. The predicted octanol–water partition coefficient (Wildman–Crippen LogP) is 4.06. The number of ether oxygens (including phenoxy) is 1. The fourth-order valence-electron chi connectivity index (χ4n) is 2.13. The zero-order valence-electron chi connectivity index (χ0n) is 13.1. The highest BCUT2D eigenvalue weighted by Crippen LogP contribution is 2.29. The van der Waals surface area contributed by atoms with Crippen molar-refractivity contribution < 1.29 is 4.74 Å². The number of thiazole rings is 1. The fraction of sp³-hybridized carbons (Fsp3) is 0.471. The molecule has 1 aromatic heterocycles. The molecule has 114 valence electrons. The minimum atomic E-state index is 0.768. The van der Waals surface area contributed by atoms with Crippen LogP contribution in [-0.4, -0.2) is 24.7 Å². The fourth-order valence-corrected chi connectivity index (χ4v) is 3.08. The molecule has 0 aliphatic rings. The molecule has 0 radical (unpaired) electrons. The Balaban J connectivity index is 2.06. The SMILES string of the molecule is CCCOc1ccc(-c2nc(CCNCC)sc2C)cc1. The highest BCUT2D eigenvalue weighted by molar-refractivity contribution is 7.12. The normalized spacial score (nSPS) is 10.8. The van der Waals surface area contributed by atoms with Crippen LogP contribution < -0.4 is 10.1 Å². The van der Waals surface area contributed by atoms with E-state index >= 15 is 0 Å². The summed E-state index contributed by atoms with van der Waals surface area (Å²) in [5, 5.41) is 4.55. The maximum Gasteiger partial charge on any atom is 0.119 e. The largest absolute Gasteiger partial charge is 0.494 e. The van der Waals surface area contributed by atoms with Crippen molar-refractivity contribution in [1.29, 1.82) is 0 Å². The Morgan fingerprint density at radius 1 is 1.19 bits per heavy atom. The molecule has 0 bridgehead atoms. The first-order valence-corrected chi connectivity index (χ1v) is 8.46. The van der Waals surface area contributed by atoms with Crippen LogP contribution in [-0.2, 0) is 6.42 Å². The van der Waals surface area contributed by atoms with Crippen LogP contribution in [0.1, 0.15) is 30.2 Å². The molecule has 0 atom stereocenters. The van der Waals surface area contributed by atoms with E-state index in [1.165, 1.54) is 15.4 Å². The smallest absolute Gasteiger partial charge is 0.119 e. The van der Waals surface area contributed by atoms with E-state index in [2.05, 4.69) is 38.2 Å². The number of hydrogen-bond donors (Lipinski definition) is 1. The summed E-state index contributed by atoms with van der Waals surface area (Å²) in [6.45, 7) is 9.15. The molecular weight excluding hydrogens is 280 g/mol.